The zero-order valence-electron chi connectivity index (χ0n) is 13.7. The SMILES string of the molecule is Cc1cn2nc(C(=O)N[C@H](C)CCc3ccccc3)cc2c(=O)[nH]1. The lowest BCUT2D eigenvalue weighted by molar-refractivity contribution is 0.0933. The number of hydrogen-bond donors (Lipinski definition) is 2. The Labute approximate surface area is 139 Å². The molecule has 6 nitrogen and oxygen atoms in total. The highest BCUT2D eigenvalue weighted by Crippen LogP contribution is 2.07. The molecule has 24 heavy (non-hydrogen) atoms. The Morgan fingerprint density at radius 2 is 2.08 bits per heavy atom. The average molecular weight is 324 g/mol. The monoisotopic (exact) mass is 324 g/mol. The quantitative estimate of drug-likeness (QED) is 0.754. The van der Waals surface area contributed by atoms with Crippen molar-refractivity contribution in [2.24, 2.45) is 0 Å². The summed E-state index contributed by atoms with van der Waals surface area (Å²) in [5.74, 6) is -0.267. The van der Waals surface area contributed by atoms with E-state index in [0.29, 0.717) is 11.2 Å². The number of hydrogen-bond acceptors (Lipinski definition) is 3. The predicted molar refractivity (Wildman–Crippen MR) is 92.2 cm³/mol. The van der Waals surface area contributed by atoms with E-state index in [9.17, 15) is 9.59 Å². The van der Waals surface area contributed by atoms with Crippen molar-refractivity contribution in [2.75, 3.05) is 0 Å². The van der Waals surface area contributed by atoms with Gasteiger partial charge in [0.05, 0.1) is 0 Å². The summed E-state index contributed by atoms with van der Waals surface area (Å²) in [6, 6.07) is 11.7. The molecule has 2 aromatic heterocycles. The average Bonchev–Trinajstić information content (AvgIpc) is 2.98. The number of aryl methyl sites for hydroxylation is 2. The molecule has 2 N–H and O–H groups in total. The van der Waals surface area contributed by atoms with Crippen LogP contribution in [0.4, 0.5) is 0 Å². The van der Waals surface area contributed by atoms with Gasteiger partial charge in [-0.3, -0.25) is 9.59 Å². The number of nitrogens with one attached hydrogen (secondary N) is 2. The van der Waals surface area contributed by atoms with Crippen molar-refractivity contribution in [3.05, 3.63) is 69.9 Å². The summed E-state index contributed by atoms with van der Waals surface area (Å²) in [6.07, 6.45) is 3.42. The molecule has 0 saturated heterocycles. The number of aromatic nitrogens is 3. The highest BCUT2D eigenvalue weighted by Gasteiger charge is 2.15. The van der Waals surface area contributed by atoms with E-state index in [0.717, 1.165) is 12.8 Å². The van der Waals surface area contributed by atoms with Crippen LogP contribution in [-0.4, -0.2) is 26.5 Å². The number of carbonyl (C=O) groups excluding carboxylic acids is 1. The van der Waals surface area contributed by atoms with Crippen molar-refractivity contribution >= 4 is 11.4 Å². The maximum absolute atomic E-state index is 12.3. The van der Waals surface area contributed by atoms with Gasteiger partial charge in [0.2, 0.25) is 0 Å². The Hall–Kier alpha value is -2.89. The van der Waals surface area contributed by atoms with Gasteiger partial charge in [0.1, 0.15) is 5.52 Å². The smallest absolute Gasteiger partial charge is 0.274 e. The minimum atomic E-state index is -0.267. The fraction of sp³-hybridized carbons (Fsp3) is 0.278. The van der Waals surface area contributed by atoms with Gasteiger partial charge in [-0.05, 0) is 32.3 Å². The highest BCUT2D eigenvalue weighted by atomic mass is 16.2. The molecule has 1 atom stereocenters. The highest BCUT2D eigenvalue weighted by molar-refractivity contribution is 5.93. The van der Waals surface area contributed by atoms with Crippen LogP contribution in [0.5, 0.6) is 0 Å². The van der Waals surface area contributed by atoms with Crippen LogP contribution in [0.2, 0.25) is 0 Å². The van der Waals surface area contributed by atoms with Gasteiger partial charge in [0.25, 0.3) is 11.5 Å². The van der Waals surface area contributed by atoms with Gasteiger partial charge in [-0.1, -0.05) is 30.3 Å². The van der Waals surface area contributed by atoms with Crippen LogP contribution in [0.1, 0.15) is 35.1 Å². The van der Waals surface area contributed by atoms with E-state index in [2.05, 4.69) is 27.5 Å². The molecule has 3 aromatic rings. The predicted octanol–water partition coefficient (Wildman–Crippen LogP) is 2.08. The van der Waals surface area contributed by atoms with E-state index in [1.807, 2.05) is 25.1 Å². The second-order valence-electron chi connectivity index (χ2n) is 6.02. The molecular formula is C18H20N4O2. The number of H-pyrrole nitrogens is 1. The van der Waals surface area contributed by atoms with Crippen molar-refractivity contribution < 1.29 is 4.79 Å². The molecule has 2 heterocycles. The van der Waals surface area contributed by atoms with Crippen LogP contribution >= 0.6 is 0 Å². The maximum atomic E-state index is 12.3. The molecule has 124 valence electrons. The number of nitrogens with zero attached hydrogens (tertiary/aromatic N) is 2. The lowest BCUT2D eigenvalue weighted by Gasteiger charge is -2.12. The second kappa shape index (κ2) is 6.70. The second-order valence-corrected chi connectivity index (χ2v) is 6.02. The normalized spacial score (nSPS) is 12.2. The number of carbonyl (C=O) groups is 1. The van der Waals surface area contributed by atoms with Crippen LogP contribution < -0.4 is 10.9 Å². The van der Waals surface area contributed by atoms with Crippen LogP contribution in [0.25, 0.3) is 5.52 Å². The minimum Gasteiger partial charge on any atom is -0.348 e. The van der Waals surface area contributed by atoms with Crippen LogP contribution in [0.3, 0.4) is 0 Å². The summed E-state index contributed by atoms with van der Waals surface area (Å²) in [4.78, 5) is 26.9. The fourth-order valence-electron chi connectivity index (χ4n) is 2.63. The minimum absolute atomic E-state index is 0.0162. The van der Waals surface area contributed by atoms with E-state index in [4.69, 9.17) is 0 Å². The lowest BCUT2D eigenvalue weighted by Crippen LogP contribution is -2.33. The molecule has 0 radical (unpaired) electrons. The molecular weight excluding hydrogens is 304 g/mol. The summed E-state index contributed by atoms with van der Waals surface area (Å²) in [6.45, 7) is 3.74. The molecule has 0 fully saturated rings. The van der Waals surface area contributed by atoms with Crippen LogP contribution in [0, 0.1) is 6.92 Å². The lowest BCUT2D eigenvalue weighted by atomic mass is 10.1. The molecule has 1 amide bonds. The van der Waals surface area contributed by atoms with Crippen molar-refractivity contribution in [1.29, 1.82) is 0 Å². The maximum Gasteiger partial charge on any atom is 0.274 e. The van der Waals surface area contributed by atoms with Gasteiger partial charge in [0, 0.05) is 24.0 Å². The molecule has 0 bridgehead atoms. The van der Waals surface area contributed by atoms with Gasteiger partial charge in [-0.25, -0.2) is 4.52 Å². The first kappa shape index (κ1) is 16.0. The first-order valence-electron chi connectivity index (χ1n) is 7.97. The summed E-state index contributed by atoms with van der Waals surface area (Å²) in [5.41, 5.74) is 2.30. The van der Waals surface area contributed by atoms with Crippen molar-refractivity contribution in [3.8, 4) is 0 Å². The summed E-state index contributed by atoms with van der Waals surface area (Å²) < 4.78 is 1.44. The third-order valence-corrected chi connectivity index (χ3v) is 3.91. The molecule has 3 rings (SSSR count). The van der Waals surface area contributed by atoms with E-state index in [1.165, 1.54) is 16.1 Å². The Balaban J connectivity index is 1.66. The summed E-state index contributed by atoms with van der Waals surface area (Å²) >= 11 is 0. The van der Waals surface area contributed by atoms with Gasteiger partial charge < -0.3 is 10.3 Å². The van der Waals surface area contributed by atoms with E-state index in [1.54, 1.807) is 13.1 Å². The first-order valence-corrected chi connectivity index (χ1v) is 7.97. The molecule has 0 saturated carbocycles. The number of amides is 1. The molecule has 1 aromatic carbocycles. The van der Waals surface area contributed by atoms with Crippen molar-refractivity contribution in [3.63, 3.8) is 0 Å². The van der Waals surface area contributed by atoms with Gasteiger partial charge in [-0.2, -0.15) is 5.10 Å². The Bertz CT molecular complexity index is 912. The zero-order valence-corrected chi connectivity index (χ0v) is 13.7. The standard InChI is InChI=1S/C18H20N4O2/c1-12(8-9-14-6-4-3-5-7-14)19-17(23)15-10-16-18(24)20-13(2)11-22(16)21-15/h3-7,10-12H,8-9H2,1-2H3,(H,19,23)(H,20,24)/t12-/m1/s1. The molecule has 0 spiro atoms. The van der Waals surface area contributed by atoms with E-state index >= 15 is 0 Å². The topological polar surface area (TPSA) is 79.3 Å². The van der Waals surface area contributed by atoms with Gasteiger partial charge in [-0.15, -0.1) is 0 Å². The molecule has 6 heteroatoms. The largest absolute Gasteiger partial charge is 0.348 e. The van der Waals surface area contributed by atoms with Crippen LogP contribution in [0.15, 0.2) is 47.4 Å². The molecule has 0 aliphatic rings. The number of fused-ring (bicyclic) bond motifs is 1. The van der Waals surface area contributed by atoms with Crippen molar-refractivity contribution in [1.82, 2.24) is 19.9 Å². The molecule has 0 unspecified atom stereocenters. The first-order chi connectivity index (χ1) is 11.5. The molecule has 0 aliphatic carbocycles. The van der Waals surface area contributed by atoms with E-state index < -0.39 is 0 Å². The number of aromatic amines is 1. The van der Waals surface area contributed by atoms with Gasteiger partial charge in [0.15, 0.2) is 5.69 Å². The van der Waals surface area contributed by atoms with Crippen molar-refractivity contribution in [2.45, 2.75) is 32.7 Å². The van der Waals surface area contributed by atoms with E-state index in [-0.39, 0.29) is 23.2 Å². The van der Waals surface area contributed by atoms with Crippen LogP contribution in [-0.2, 0) is 6.42 Å². The summed E-state index contributed by atoms with van der Waals surface area (Å²) in [7, 11) is 0. The number of benzene rings is 1. The summed E-state index contributed by atoms with van der Waals surface area (Å²) in [5, 5.41) is 7.12. The number of rotatable bonds is 5. The molecule has 0 aliphatic heterocycles. The zero-order chi connectivity index (χ0) is 17.1. The third-order valence-electron chi connectivity index (χ3n) is 3.91. The fourth-order valence-corrected chi connectivity index (χ4v) is 2.63. The third kappa shape index (κ3) is 3.53. The Kier molecular flexibility index (Phi) is 4.46. The Morgan fingerprint density at radius 1 is 1.33 bits per heavy atom. The van der Waals surface area contributed by atoms with Gasteiger partial charge >= 0.3 is 0 Å². The Morgan fingerprint density at radius 3 is 2.83 bits per heavy atom.